The predicted octanol–water partition coefficient (Wildman–Crippen LogP) is 6.01. The van der Waals surface area contributed by atoms with Crippen LogP contribution in [-0.2, 0) is 22.6 Å². The quantitative estimate of drug-likeness (QED) is 0.461. The van der Waals surface area contributed by atoms with Crippen molar-refractivity contribution in [1.29, 1.82) is 0 Å². The lowest BCUT2D eigenvalue weighted by Crippen LogP contribution is -2.36. The van der Waals surface area contributed by atoms with Crippen molar-refractivity contribution in [1.82, 2.24) is 0 Å². The molecule has 0 aliphatic rings. The van der Waals surface area contributed by atoms with Crippen molar-refractivity contribution in [2.24, 2.45) is 5.92 Å². The van der Waals surface area contributed by atoms with Gasteiger partial charge in [-0.25, -0.2) is 4.79 Å². The maximum atomic E-state index is 12.7. The van der Waals surface area contributed by atoms with E-state index in [1.165, 1.54) is 5.56 Å². The molecule has 0 radical (unpaired) electrons. The van der Waals surface area contributed by atoms with Gasteiger partial charge in [0.2, 0.25) is 0 Å². The van der Waals surface area contributed by atoms with Gasteiger partial charge in [-0.15, -0.1) is 0 Å². The van der Waals surface area contributed by atoms with E-state index >= 15 is 0 Å². The summed E-state index contributed by atoms with van der Waals surface area (Å²) in [7, 11) is 0. The Morgan fingerprint density at radius 2 is 1.79 bits per heavy atom. The lowest BCUT2D eigenvalue weighted by atomic mass is 10.0. The van der Waals surface area contributed by atoms with Gasteiger partial charge in [0.15, 0.2) is 0 Å². The van der Waals surface area contributed by atoms with Crippen LogP contribution in [0.4, 0.5) is 5.69 Å². The summed E-state index contributed by atoms with van der Waals surface area (Å²) in [5, 5.41) is 3.89. The molecule has 5 heteroatoms. The van der Waals surface area contributed by atoms with Crippen molar-refractivity contribution < 1.29 is 13.9 Å². The lowest BCUT2D eigenvalue weighted by molar-refractivity contribution is -0.146. The van der Waals surface area contributed by atoms with E-state index in [-0.39, 0.29) is 18.5 Å². The summed E-state index contributed by atoms with van der Waals surface area (Å²) in [6, 6.07) is 18.9. The molecule has 0 aliphatic carbocycles. The molecule has 1 N–H and O–H groups in total. The number of hydrogen-bond acceptors (Lipinski definition) is 4. The van der Waals surface area contributed by atoms with Crippen LogP contribution in [0.1, 0.15) is 36.5 Å². The van der Waals surface area contributed by atoms with Crippen LogP contribution < -0.4 is 5.32 Å². The standard InChI is InChI=1S/C24H26ClNO3/c1-16(2)23(26-21-11-9-20(25)10-12-21)24(27)28-15-19-14-22(29-17(19)3)13-18-7-5-4-6-8-18/h4-12,14,16,23,26H,13,15H2,1-3H3/t23-/m0/s1. The third-order valence-electron chi connectivity index (χ3n) is 4.75. The average molecular weight is 412 g/mol. The zero-order valence-electron chi connectivity index (χ0n) is 16.9. The van der Waals surface area contributed by atoms with Gasteiger partial charge in [0.05, 0.1) is 0 Å². The summed E-state index contributed by atoms with van der Waals surface area (Å²) in [4.78, 5) is 12.7. The Hall–Kier alpha value is -2.72. The van der Waals surface area contributed by atoms with Crippen molar-refractivity contribution in [3.05, 3.63) is 88.3 Å². The molecular formula is C24H26ClNO3. The molecule has 1 aromatic heterocycles. The molecule has 0 saturated heterocycles. The largest absolute Gasteiger partial charge is 0.466 e. The number of carbonyl (C=O) groups excluding carboxylic acids is 1. The summed E-state index contributed by atoms with van der Waals surface area (Å²) < 4.78 is 11.5. The number of hydrogen-bond donors (Lipinski definition) is 1. The Morgan fingerprint density at radius 3 is 2.45 bits per heavy atom. The first kappa shape index (κ1) is 21.0. The van der Waals surface area contributed by atoms with Crippen LogP contribution in [-0.4, -0.2) is 12.0 Å². The van der Waals surface area contributed by atoms with Gasteiger partial charge >= 0.3 is 5.97 Å². The van der Waals surface area contributed by atoms with E-state index in [4.69, 9.17) is 20.8 Å². The highest BCUT2D eigenvalue weighted by molar-refractivity contribution is 6.30. The number of anilines is 1. The summed E-state index contributed by atoms with van der Waals surface area (Å²) >= 11 is 5.93. The van der Waals surface area contributed by atoms with E-state index in [9.17, 15) is 4.79 Å². The molecule has 4 nitrogen and oxygen atoms in total. The minimum atomic E-state index is -0.452. The maximum Gasteiger partial charge on any atom is 0.329 e. The van der Waals surface area contributed by atoms with Gasteiger partial charge in [-0.1, -0.05) is 55.8 Å². The van der Waals surface area contributed by atoms with Crippen molar-refractivity contribution in [2.75, 3.05) is 5.32 Å². The third-order valence-corrected chi connectivity index (χ3v) is 5.00. The predicted molar refractivity (Wildman–Crippen MR) is 116 cm³/mol. The van der Waals surface area contributed by atoms with Crippen LogP contribution in [0.2, 0.25) is 5.02 Å². The fraction of sp³-hybridized carbons (Fsp3) is 0.292. The summed E-state index contributed by atoms with van der Waals surface area (Å²) in [5.41, 5.74) is 2.89. The third kappa shape index (κ3) is 5.88. The second-order valence-corrected chi connectivity index (χ2v) is 7.87. The highest BCUT2D eigenvalue weighted by Crippen LogP contribution is 2.21. The molecule has 152 valence electrons. The molecular weight excluding hydrogens is 386 g/mol. The lowest BCUT2D eigenvalue weighted by Gasteiger charge is -2.22. The second-order valence-electron chi connectivity index (χ2n) is 7.44. The summed E-state index contributed by atoms with van der Waals surface area (Å²) in [6.07, 6.45) is 0.711. The second kappa shape index (κ2) is 9.66. The minimum absolute atomic E-state index is 0.0669. The molecule has 0 spiro atoms. The molecule has 0 aliphatic heterocycles. The molecule has 0 saturated carbocycles. The number of aryl methyl sites for hydroxylation is 1. The van der Waals surface area contributed by atoms with Crippen LogP contribution in [0.25, 0.3) is 0 Å². The Labute approximate surface area is 176 Å². The summed E-state index contributed by atoms with van der Waals surface area (Å²) in [6.45, 7) is 6.05. The van der Waals surface area contributed by atoms with E-state index in [0.717, 1.165) is 22.8 Å². The molecule has 0 bridgehead atoms. The number of ether oxygens (including phenoxy) is 1. The Kier molecular flexibility index (Phi) is 6.99. The van der Waals surface area contributed by atoms with E-state index in [0.29, 0.717) is 11.4 Å². The maximum absolute atomic E-state index is 12.7. The fourth-order valence-electron chi connectivity index (χ4n) is 3.08. The molecule has 0 amide bonds. The first-order chi connectivity index (χ1) is 13.9. The van der Waals surface area contributed by atoms with Gasteiger partial charge in [0.25, 0.3) is 0 Å². The van der Waals surface area contributed by atoms with Crippen LogP contribution in [0.5, 0.6) is 0 Å². The molecule has 0 fully saturated rings. The number of esters is 1. The normalized spacial score (nSPS) is 12.0. The van der Waals surface area contributed by atoms with Crippen LogP contribution >= 0.6 is 11.6 Å². The van der Waals surface area contributed by atoms with Crippen LogP contribution in [0.3, 0.4) is 0 Å². The zero-order chi connectivity index (χ0) is 20.8. The van der Waals surface area contributed by atoms with Gasteiger partial charge in [0, 0.05) is 22.7 Å². The number of carbonyl (C=O) groups is 1. The molecule has 1 heterocycles. The van der Waals surface area contributed by atoms with Crippen molar-refractivity contribution in [3.8, 4) is 0 Å². The molecule has 0 unspecified atom stereocenters. The van der Waals surface area contributed by atoms with Gasteiger partial charge in [0.1, 0.15) is 24.2 Å². The van der Waals surface area contributed by atoms with Crippen molar-refractivity contribution >= 4 is 23.3 Å². The Balaban J connectivity index is 1.61. The molecule has 1 atom stereocenters. The van der Waals surface area contributed by atoms with Crippen molar-refractivity contribution in [2.45, 2.75) is 39.8 Å². The van der Waals surface area contributed by atoms with Crippen LogP contribution in [0, 0.1) is 12.8 Å². The van der Waals surface area contributed by atoms with Crippen molar-refractivity contribution in [3.63, 3.8) is 0 Å². The number of nitrogens with one attached hydrogen (secondary N) is 1. The monoisotopic (exact) mass is 411 g/mol. The topological polar surface area (TPSA) is 51.5 Å². The van der Waals surface area contributed by atoms with Crippen LogP contribution in [0.15, 0.2) is 65.1 Å². The first-order valence-corrected chi connectivity index (χ1v) is 10.1. The molecule has 3 aromatic rings. The fourth-order valence-corrected chi connectivity index (χ4v) is 3.20. The first-order valence-electron chi connectivity index (χ1n) is 9.73. The van der Waals surface area contributed by atoms with E-state index in [2.05, 4.69) is 17.4 Å². The average Bonchev–Trinajstić information content (AvgIpc) is 3.05. The number of furan rings is 1. The summed E-state index contributed by atoms with van der Waals surface area (Å²) in [5.74, 6) is 1.41. The molecule has 29 heavy (non-hydrogen) atoms. The SMILES string of the molecule is Cc1oc(Cc2ccccc2)cc1COC(=O)[C@@H](Nc1ccc(Cl)cc1)C(C)C. The number of rotatable bonds is 8. The number of halogens is 1. The van der Waals surface area contributed by atoms with Gasteiger partial charge in [-0.2, -0.15) is 0 Å². The highest BCUT2D eigenvalue weighted by atomic mass is 35.5. The minimum Gasteiger partial charge on any atom is -0.466 e. The number of benzene rings is 2. The van der Waals surface area contributed by atoms with Gasteiger partial charge in [-0.05, 0) is 48.7 Å². The smallest absolute Gasteiger partial charge is 0.329 e. The van der Waals surface area contributed by atoms with Gasteiger partial charge < -0.3 is 14.5 Å². The van der Waals surface area contributed by atoms with E-state index in [1.807, 2.05) is 57.2 Å². The molecule has 3 rings (SSSR count). The zero-order valence-corrected chi connectivity index (χ0v) is 17.7. The van der Waals surface area contributed by atoms with Gasteiger partial charge in [-0.3, -0.25) is 0 Å². The Morgan fingerprint density at radius 1 is 1.10 bits per heavy atom. The highest BCUT2D eigenvalue weighted by Gasteiger charge is 2.24. The Bertz CT molecular complexity index is 933. The van der Waals surface area contributed by atoms with E-state index < -0.39 is 6.04 Å². The van der Waals surface area contributed by atoms with E-state index in [1.54, 1.807) is 12.1 Å². The molecule has 2 aromatic carbocycles.